The minimum Gasteiger partial charge on any atom is -0.465 e. The summed E-state index contributed by atoms with van der Waals surface area (Å²) < 4.78 is 10.1. The molecule has 0 amide bonds. The van der Waals surface area contributed by atoms with Crippen molar-refractivity contribution in [3.05, 3.63) is 51.5 Å². The van der Waals surface area contributed by atoms with Gasteiger partial charge in [-0.3, -0.25) is 10.1 Å². The number of nitrogens with zero attached hydrogens (tertiary/aromatic N) is 1. The molecule has 22 heavy (non-hydrogen) atoms. The molecule has 0 bridgehead atoms. The number of nitrogens with one attached hydrogen (secondary N) is 1. The normalized spacial score (nSPS) is 10.3. The molecule has 0 saturated carbocycles. The highest BCUT2D eigenvalue weighted by atomic mass is 16.6. The highest BCUT2D eigenvalue weighted by Gasteiger charge is 2.17. The molecule has 116 valence electrons. The van der Waals surface area contributed by atoms with E-state index < -0.39 is 10.9 Å². The zero-order valence-electron chi connectivity index (χ0n) is 12.1. The number of nitrogen functional groups attached to an aromatic ring is 1. The number of furan rings is 1. The molecule has 1 heterocycles. The van der Waals surface area contributed by atoms with E-state index in [1.807, 2.05) is 0 Å². The first-order valence-corrected chi connectivity index (χ1v) is 6.37. The van der Waals surface area contributed by atoms with Crippen LogP contribution in [0.25, 0.3) is 0 Å². The molecule has 8 heteroatoms. The number of anilines is 2. The van der Waals surface area contributed by atoms with E-state index in [1.54, 1.807) is 6.92 Å². The van der Waals surface area contributed by atoms with E-state index in [0.29, 0.717) is 22.8 Å². The number of nitrogens with two attached hydrogens (primary N) is 1. The van der Waals surface area contributed by atoms with E-state index in [4.69, 9.17) is 10.2 Å². The lowest BCUT2D eigenvalue weighted by Crippen LogP contribution is -2.03. The van der Waals surface area contributed by atoms with Crippen LogP contribution in [0.2, 0.25) is 0 Å². The fourth-order valence-corrected chi connectivity index (χ4v) is 1.98. The van der Waals surface area contributed by atoms with Crippen molar-refractivity contribution in [1.82, 2.24) is 0 Å². The van der Waals surface area contributed by atoms with E-state index in [2.05, 4.69) is 10.1 Å². The van der Waals surface area contributed by atoms with Crippen molar-refractivity contribution in [3.8, 4) is 0 Å². The Morgan fingerprint density at radius 1 is 1.45 bits per heavy atom. The smallest absolute Gasteiger partial charge is 0.341 e. The standard InChI is InChI=1S/C14H15N3O5/c1-8-11(14(18)21-2)6-10(22-8)7-16-12-5-9(15)3-4-13(12)17(19)20/h3-6,16H,7,15H2,1-2H3. The van der Waals surface area contributed by atoms with Crippen LogP contribution < -0.4 is 11.1 Å². The molecule has 2 aromatic rings. The summed E-state index contributed by atoms with van der Waals surface area (Å²) in [7, 11) is 1.28. The van der Waals surface area contributed by atoms with Crippen LogP contribution in [0.4, 0.5) is 17.1 Å². The summed E-state index contributed by atoms with van der Waals surface area (Å²) in [6.45, 7) is 1.81. The third-order valence-corrected chi connectivity index (χ3v) is 3.04. The first-order chi connectivity index (χ1) is 10.4. The number of ether oxygens (including phenoxy) is 1. The number of carbonyl (C=O) groups is 1. The zero-order valence-corrected chi connectivity index (χ0v) is 12.1. The molecule has 1 aromatic heterocycles. The number of hydrogen-bond acceptors (Lipinski definition) is 7. The van der Waals surface area contributed by atoms with Gasteiger partial charge in [-0.25, -0.2) is 4.79 Å². The number of aryl methyl sites for hydroxylation is 1. The van der Waals surface area contributed by atoms with Crippen molar-refractivity contribution in [1.29, 1.82) is 0 Å². The van der Waals surface area contributed by atoms with Gasteiger partial charge >= 0.3 is 5.97 Å². The van der Waals surface area contributed by atoms with Crippen LogP contribution >= 0.6 is 0 Å². The highest BCUT2D eigenvalue weighted by Crippen LogP contribution is 2.27. The van der Waals surface area contributed by atoms with Gasteiger partial charge in [-0.1, -0.05) is 0 Å². The number of rotatable bonds is 5. The van der Waals surface area contributed by atoms with E-state index in [-0.39, 0.29) is 17.9 Å². The van der Waals surface area contributed by atoms with Gasteiger partial charge in [0.1, 0.15) is 22.8 Å². The van der Waals surface area contributed by atoms with E-state index in [0.717, 1.165) is 0 Å². The summed E-state index contributed by atoms with van der Waals surface area (Å²) in [6.07, 6.45) is 0. The van der Waals surface area contributed by atoms with E-state index in [9.17, 15) is 14.9 Å². The predicted molar refractivity (Wildman–Crippen MR) is 79.6 cm³/mol. The van der Waals surface area contributed by atoms with E-state index >= 15 is 0 Å². The second-order valence-corrected chi connectivity index (χ2v) is 4.56. The highest BCUT2D eigenvalue weighted by molar-refractivity contribution is 5.90. The second-order valence-electron chi connectivity index (χ2n) is 4.56. The van der Waals surface area contributed by atoms with Crippen molar-refractivity contribution in [2.75, 3.05) is 18.2 Å². The first kappa shape index (κ1) is 15.4. The van der Waals surface area contributed by atoms with Crippen LogP contribution in [0.5, 0.6) is 0 Å². The third-order valence-electron chi connectivity index (χ3n) is 3.04. The molecule has 8 nitrogen and oxygen atoms in total. The van der Waals surface area contributed by atoms with E-state index in [1.165, 1.54) is 31.4 Å². The Hall–Kier alpha value is -3.03. The average Bonchev–Trinajstić information content (AvgIpc) is 2.85. The predicted octanol–water partition coefficient (Wildman–Crippen LogP) is 2.48. The number of methoxy groups -OCH3 is 1. The molecule has 0 saturated heterocycles. The molecule has 0 aliphatic heterocycles. The number of esters is 1. The van der Waals surface area contributed by atoms with Gasteiger partial charge in [0.15, 0.2) is 0 Å². The Labute approximate surface area is 126 Å². The SMILES string of the molecule is COC(=O)c1cc(CNc2cc(N)ccc2[N+](=O)[O-])oc1C. The molecule has 2 rings (SSSR count). The van der Waals surface area contributed by atoms with Gasteiger partial charge in [0.05, 0.1) is 18.6 Å². The summed E-state index contributed by atoms with van der Waals surface area (Å²) in [5.41, 5.74) is 6.54. The number of nitro benzene ring substituents is 1. The Morgan fingerprint density at radius 3 is 2.82 bits per heavy atom. The third kappa shape index (κ3) is 3.17. The van der Waals surface area contributed by atoms with Crippen LogP contribution in [-0.2, 0) is 11.3 Å². The van der Waals surface area contributed by atoms with Crippen molar-refractivity contribution in [3.63, 3.8) is 0 Å². The molecule has 3 N–H and O–H groups in total. The van der Waals surface area contributed by atoms with Gasteiger partial charge in [0.25, 0.3) is 5.69 Å². The van der Waals surface area contributed by atoms with Gasteiger partial charge in [-0.15, -0.1) is 0 Å². The topological polar surface area (TPSA) is 121 Å². The van der Waals surface area contributed by atoms with Crippen molar-refractivity contribution in [2.45, 2.75) is 13.5 Å². The molecule has 0 spiro atoms. The van der Waals surface area contributed by atoms with Gasteiger partial charge in [0.2, 0.25) is 0 Å². The fraction of sp³-hybridized carbons (Fsp3) is 0.214. The van der Waals surface area contributed by atoms with Crippen LogP contribution in [0, 0.1) is 17.0 Å². The number of benzene rings is 1. The molecule has 0 fully saturated rings. The largest absolute Gasteiger partial charge is 0.465 e. The molecule has 0 aliphatic rings. The molecule has 0 unspecified atom stereocenters. The minimum absolute atomic E-state index is 0.0920. The molecular formula is C14H15N3O5. The summed E-state index contributed by atoms with van der Waals surface area (Å²) in [6, 6.07) is 5.78. The summed E-state index contributed by atoms with van der Waals surface area (Å²) >= 11 is 0. The zero-order chi connectivity index (χ0) is 16.3. The molecular weight excluding hydrogens is 290 g/mol. The van der Waals surface area contributed by atoms with Gasteiger partial charge < -0.3 is 20.2 Å². The molecule has 0 atom stereocenters. The van der Waals surface area contributed by atoms with Gasteiger partial charge in [-0.2, -0.15) is 0 Å². The Balaban J connectivity index is 2.19. The lowest BCUT2D eigenvalue weighted by Gasteiger charge is -2.06. The molecule has 0 aliphatic carbocycles. The van der Waals surface area contributed by atoms with Crippen molar-refractivity contribution in [2.24, 2.45) is 0 Å². The van der Waals surface area contributed by atoms with Crippen LogP contribution in [-0.4, -0.2) is 18.0 Å². The average molecular weight is 305 g/mol. The number of hydrogen-bond donors (Lipinski definition) is 2. The summed E-state index contributed by atoms with van der Waals surface area (Å²) in [5.74, 6) is 0.378. The van der Waals surface area contributed by atoms with Gasteiger partial charge in [0, 0.05) is 11.8 Å². The maximum atomic E-state index is 11.5. The van der Waals surface area contributed by atoms with Crippen LogP contribution in [0.15, 0.2) is 28.7 Å². The van der Waals surface area contributed by atoms with Crippen LogP contribution in [0.3, 0.4) is 0 Å². The second kappa shape index (κ2) is 6.17. The maximum Gasteiger partial charge on any atom is 0.341 e. The van der Waals surface area contributed by atoms with Crippen LogP contribution in [0.1, 0.15) is 21.9 Å². The fourth-order valence-electron chi connectivity index (χ4n) is 1.98. The quantitative estimate of drug-likeness (QED) is 0.376. The Morgan fingerprint density at radius 2 is 2.18 bits per heavy atom. The van der Waals surface area contributed by atoms with Gasteiger partial charge in [-0.05, 0) is 25.1 Å². The Bertz CT molecular complexity index is 723. The number of carbonyl (C=O) groups excluding carboxylic acids is 1. The first-order valence-electron chi connectivity index (χ1n) is 6.37. The summed E-state index contributed by atoms with van der Waals surface area (Å²) in [4.78, 5) is 22.0. The number of nitro groups is 1. The lowest BCUT2D eigenvalue weighted by atomic mass is 10.2. The molecule has 0 radical (unpaired) electrons. The lowest BCUT2D eigenvalue weighted by molar-refractivity contribution is -0.383. The minimum atomic E-state index is -0.505. The van der Waals surface area contributed by atoms with Crippen molar-refractivity contribution < 1.29 is 18.9 Å². The monoisotopic (exact) mass is 305 g/mol. The summed E-state index contributed by atoms with van der Waals surface area (Å²) in [5, 5.41) is 13.9. The Kier molecular flexibility index (Phi) is 4.31. The van der Waals surface area contributed by atoms with Crippen molar-refractivity contribution >= 4 is 23.0 Å². The maximum absolute atomic E-state index is 11.5. The molecule has 1 aromatic carbocycles.